The molecule has 0 aliphatic carbocycles. The Hall–Kier alpha value is -0.990. The Balaban J connectivity index is 3.01. The van der Waals surface area contributed by atoms with Gasteiger partial charge in [-0.1, -0.05) is 11.6 Å². The van der Waals surface area contributed by atoms with Crippen molar-refractivity contribution in [1.29, 1.82) is 0 Å². The molecule has 0 spiro atoms. The number of aliphatic hydroxyl groups is 1. The highest BCUT2D eigenvalue weighted by atomic mass is 35.5. The zero-order valence-corrected chi connectivity index (χ0v) is 10.5. The summed E-state index contributed by atoms with van der Waals surface area (Å²) in [7, 11) is 0. The fraction of sp³-hybridized carbons (Fsp3) is 0.455. The summed E-state index contributed by atoms with van der Waals surface area (Å²) in [6.07, 6.45) is -12.3. The number of rotatable bonds is 3. The minimum atomic E-state index is -4.75. The van der Waals surface area contributed by atoms with E-state index in [2.05, 4.69) is 0 Å². The van der Waals surface area contributed by atoms with E-state index < -0.39 is 42.0 Å². The van der Waals surface area contributed by atoms with Gasteiger partial charge in [0.05, 0.1) is 11.7 Å². The van der Waals surface area contributed by atoms with Crippen molar-refractivity contribution in [3.63, 3.8) is 0 Å². The normalized spacial score (nSPS) is 16.1. The molecule has 1 aromatic carbocycles. The molecule has 0 bridgehead atoms. The smallest absolute Gasteiger partial charge is 0.388 e. The van der Waals surface area contributed by atoms with Gasteiger partial charge in [0.25, 0.3) is 0 Å². The van der Waals surface area contributed by atoms with E-state index in [1.54, 1.807) is 0 Å². The minimum absolute atomic E-state index is 0.264. The Kier molecular flexibility index (Phi) is 4.94. The fourth-order valence-electron chi connectivity index (χ4n) is 1.48. The molecule has 0 radical (unpaired) electrons. The van der Waals surface area contributed by atoms with Crippen molar-refractivity contribution < 1.29 is 31.4 Å². The zero-order chi connectivity index (χ0) is 15.7. The summed E-state index contributed by atoms with van der Waals surface area (Å²) in [5, 5.41) is 9.33. The van der Waals surface area contributed by atoms with E-state index in [-0.39, 0.29) is 5.02 Å². The number of nitrogens with two attached hydrogens (primary N) is 1. The van der Waals surface area contributed by atoms with Crippen LogP contribution in [0.1, 0.15) is 23.7 Å². The Bertz CT molecular complexity index is 473. The number of aliphatic hydroxyl groups excluding tert-OH is 1. The van der Waals surface area contributed by atoms with Gasteiger partial charge in [-0.05, 0) is 23.8 Å². The highest BCUT2D eigenvalue weighted by Crippen LogP contribution is 2.35. The van der Waals surface area contributed by atoms with Crippen LogP contribution < -0.4 is 5.73 Å². The van der Waals surface area contributed by atoms with Gasteiger partial charge in [-0.15, -0.1) is 0 Å². The second-order valence-corrected chi connectivity index (χ2v) is 4.54. The molecule has 0 aliphatic rings. The van der Waals surface area contributed by atoms with Crippen molar-refractivity contribution >= 4 is 11.6 Å². The van der Waals surface area contributed by atoms with Crippen molar-refractivity contribution in [2.45, 2.75) is 30.9 Å². The molecular formula is C11H10ClF6NO. The molecule has 3 N–H and O–H groups in total. The van der Waals surface area contributed by atoms with Crippen molar-refractivity contribution in [3.05, 3.63) is 34.3 Å². The molecule has 0 aliphatic heterocycles. The Morgan fingerprint density at radius 3 is 2.15 bits per heavy atom. The Morgan fingerprint density at radius 2 is 1.70 bits per heavy atom. The topological polar surface area (TPSA) is 46.2 Å². The molecule has 0 aromatic heterocycles. The first-order valence-corrected chi connectivity index (χ1v) is 5.67. The predicted molar refractivity (Wildman–Crippen MR) is 60.1 cm³/mol. The van der Waals surface area contributed by atoms with E-state index in [0.717, 1.165) is 6.07 Å². The van der Waals surface area contributed by atoms with Gasteiger partial charge in [-0.2, -0.15) is 26.3 Å². The van der Waals surface area contributed by atoms with Crippen LogP contribution in [0.15, 0.2) is 18.2 Å². The van der Waals surface area contributed by atoms with Crippen LogP contribution in [-0.2, 0) is 6.18 Å². The van der Waals surface area contributed by atoms with Crippen molar-refractivity contribution in [2.75, 3.05) is 0 Å². The van der Waals surface area contributed by atoms with Gasteiger partial charge >= 0.3 is 12.4 Å². The van der Waals surface area contributed by atoms with E-state index in [4.69, 9.17) is 17.3 Å². The maximum absolute atomic E-state index is 12.5. The summed E-state index contributed by atoms with van der Waals surface area (Å²) in [6.45, 7) is 0. The van der Waals surface area contributed by atoms with Crippen LogP contribution in [0.2, 0.25) is 5.02 Å². The monoisotopic (exact) mass is 321 g/mol. The average Bonchev–Trinajstić information content (AvgIpc) is 2.26. The number of alkyl halides is 6. The molecule has 0 unspecified atom stereocenters. The minimum Gasteiger partial charge on any atom is -0.388 e. The van der Waals surface area contributed by atoms with Crippen LogP contribution in [0, 0.1) is 0 Å². The van der Waals surface area contributed by atoms with Crippen molar-refractivity contribution in [1.82, 2.24) is 0 Å². The lowest BCUT2D eigenvalue weighted by Crippen LogP contribution is -2.38. The molecular weight excluding hydrogens is 312 g/mol. The van der Waals surface area contributed by atoms with Crippen LogP contribution in [0.3, 0.4) is 0 Å². The molecule has 0 amide bonds. The van der Waals surface area contributed by atoms with E-state index in [0.29, 0.717) is 12.1 Å². The Morgan fingerprint density at radius 1 is 1.15 bits per heavy atom. The van der Waals surface area contributed by atoms with E-state index >= 15 is 0 Å². The number of hydrogen-bond donors (Lipinski definition) is 2. The van der Waals surface area contributed by atoms with Crippen molar-refractivity contribution in [3.8, 4) is 0 Å². The van der Waals surface area contributed by atoms with Crippen molar-refractivity contribution in [2.24, 2.45) is 5.73 Å². The van der Waals surface area contributed by atoms with E-state index in [1.807, 2.05) is 0 Å². The quantitative estimate of drug-likeness (QED) is 0.834. The summed E-state index contributed by atoms with van der Waals surface area (Å²) in [5.41, 5.74) is 3.25. The van der Waals surface area contributed by atoms with Gasteiger partial charge in [0.15, 0.2) is 0 Å². The van der Waals surface area contributed by atoms with Crippen LogP contribution in [-0.4, -0.2) is 17.3 Å². The predicted octanol–water partition coefficient (Wildman–Crippen LogP) is 3.67. The molecule has 0 heterocycles. The third-order valence-electron chi connectivity index (χ3n) is 2.58. The fourth-order valence-corrected chi connectivity index (χ4v) is 1.72. The summed E-state index contributed by atoms with van der Waals surface area (Å²) < 4.78 is 74.2. The van der Waals surface area contributed by atoms with E-state index in [1.165, 1.54) is 0 Å². The van der Waals surface area contributed by atoms with Gasteiger partial charge in [0.2, 0.25) is 0 Å². The molecule has 2 atom stereocenters. The molecule has 0 saturated carbocycles. The van der Waals surface area contributed by atoms with Gasteiger partial charge in [-0.3, -0.25) is 0 Å². The lowest BCUT2D eigenvalue weighted by atomic mass is 10.00. The van der Waals surface area contributed by atoms with Crippen LogP contribution in [0.4, 0.5) is 26.3 Å². The first-order valence-electron chi connectivity index (χ1n) is 5.30. The maximum atomic E-state index is 12.5. The molecule has 1 aromatic rings. The summed E-state index contributed by atoms with van der Waals surface area (Å²) in [5.74, 6) is 0. The zero-order valence-electron chi connectivity index (χ0n) is 9.76. The maximum Gasteiger partial charge on any atom is 0.416 e. The molecule has 0 fully saturated rings. The number of hydrogen-bond acceptors (Lipinski definition) is 2. The second kappa shape index (κ2) is 5.79. The highest BCUT2D eigenvalue weighted by molar-refractivity contribution is 6.31. The molecule has 9 heteroatoms. The van der Waals surface area contributed by atoms with Gasteiger partial charge in [0, 0.05) is 11.4 Å². The van der Waals surface area contributed by atoms with E-state index in [9.17, 15) is 31.4 Å². The highest BCUT2D eigenvalue weighted by Gasteiger charge is 2.38. The molecule has 2 nitrogen and oxygen atoms in total. The van der Waals surface area contributed by atoms with Gasteiger partial charge in [0.1, 0.15) is 6.04 Å². The summed E-state index contributed by atoms with van der Waals surface area (Å²) >= 11 is 5.59. The lowest BCUT2D eigenvalue weighted by Gasteiger charge is -2.20. The number of halogens is 7. The van der Waals surface area contributed by atoms with Crippen LogP contribution >= 0.6 is 11.6 Å². The average molecular weight is 322 g/mol. The standard InChI is InChI=1S/C11H10ClF6NO/c12-7-2-1-5(10(13,14)15)3-6(7)8(20)4-9(19)11(16,17)18/h1-3,8-9,20H,4,19H2/t8-,9-/m0/s1. The number of benzene rings is 1. The Labute approximate surface area is 115 Å². The molecule has 1 rings (SSSR count). The first kappa shape index (κ1) is 17.1. The van der Waals surface area contributed by atoms with Crippen LogP contribution in [0.5, 0.6) is 0 Å². The van der Waals surface area contributed by atoms with Crippen LogP contribution in [0.25, 0.3) is 0 Å². The molecule has 0 saturated heterocycles. The summed E-state index contributed by atoms with van der Waals surface area (Å²) in [4.78, 5) is 0. The third-order valence-corrected chi connectivity index (χ3v) is 2.92. The third kappa shape index (κ3) is 4.26. The lowest BCUT2D eigenvalue weighted by molar-refractivity contribution is -0.154. The SMILES string of the molecule is N[C@@H](C[C@H](O)c1cc(C(F)(F)F)ccc1Cl)C(F)(F)F. The van der Waals surface area contributed by atoms with Gasteiger partial charge < -0.3 is 10.8 Å². The molecule has 20 heavy (non-hydrogen) atoms. The largest absolute Gasteiger partial charge is 0.416 e. The second-order valence-electron chi connectivity index (χ2n) is 4.13. The first-order chi connectivity index (χ1) is 8.93. The molecule has 114 valence electrons. The summed E-state index contributed by atoms with van der Waals surface area (Å²) in [6, 6.07) is -0.316. The van der Waals surface area contributed by atoms with Gasteiger partial charge in [-0.25, -0.2) is 0 Å².